The second kappa shape index (κ2) is 5.20. The monoisotopic (exact) mass is 288 g/mol. The Labute approximate surface area is 121 Å². The summed E-state index contributed by atoms with van der Waals surface area (Å²) in [7, 11) is 0. The molecule has 1 aromatic rings. The largest absolute Gasteiger partial charge is 0.478 e. The van der Waals surface area contributed by atoms with Gasteiger partial charge in [0.15, 0.2) is 0 Å². The molecule has 0 unspecified atom stereocenters. The number of nitrogens with zero attached hydrogens (tertiary/aromatic N) is 2. The molecule has 1 saturated heterocycles. The summed E-state index contributed by atoms with van der Waals surface area (Å²) >= 11 is 0. The number of likely N-dealkylation sites (tertiary alicyclic amines) is 1. The maximum absolute atomic E-state index is 12.0. The van der Waals surface area contributed by atoms with E-state index in [0.717, 1.165) is 24.3 Å². The molecule has 6 nitrogen and oxygen atoms in total. The summed E-state index contributed by atoms with van der Waals surface area (Å²) in [4.78, 5) is 36.1. The number of piperidine rings is 1. The lowest BCUT2D eigenvalue weighted by molar-refractivity contribution is -0.132. The van der Waals surface area contributed by atoms with Gasteiger partial charge in [-0.05, 0) is 18.4 Å². The van der Waals surface area contributed by atoms with Crippen molar-refractivity contribution in [2.24, 2.45) is 5.92 Å². The number of rotatable bonds is 2. The Morgan fingerprint density at radius 1 is 1.19 bits per heavy atom. The van der Waals surface area contributed by atoms with Gasteiger partial charge >= 0.3 is 5.97 Å². The van der Waals surface area contributed by atoms with Gasteiger partial charge in [0.1, 0.15) is 0 Å². The first-order valence-corrected chi connectivity index (χ1v) is 6.94. The maximum Gasteiger partial charge on any atom is 0.328 e. The second-order valence-corrected chi connectivity index (χ2v) is 5.61. The van der Waals surface area contributed by atoms with Crippen molar-refractivity contribution < 1.29 is 14.7 Å². The first kappa shape index (κ1) is 13.6. The topological polar surface area (TPSA) is 79.6 Å². The first-order chi connectivity index (χ1) is 10.0. The highest BCUT2D eigenvalue weighted by atomic mass is 16.4. The molecule has 0 spiro atoms. The lowest BCUT2D eigenvalue weighted by Crippen LogP contribution is -2.48. The van der Waals surface area contributed by atoms with Gasteiger partial charge in [-0.15, -0.1) is 0 Å². The third-order valence-corrected chi connectivity index (χ3v) is 4.16. The van der Waals surface area contributed by atoms with E-state index in [9.17, 15) is 14.4 Å². The Balaban J connectivity index is 1.83. The average Bonchev–Trinajstić information content (AvgIpc) is 2.45. The minimum atomic E-state index is -1.13. The molecule has 2 aliphatic rings. The zero-order valence-electron chi connectivity index (χ0n) is 11.4. The summed E-state index contributed by atoms with van der Waals surface area (Å²) in [5, 5.41) is 8.59. The third-order valence-electron chi connectivity index (χ3n) is 4.16. The molecule has 3 rings (SSSR count). The van der Waals surface area contributed by atoms with Gasteiger partial charge in [0, 0.05) is 49.5 Å². The van der Waals surface area contributed by atoms with Crippen LogP contribution in [0.2, 0.25) is 0 Å². The fourth-order valence-corrected chi connectivity index (χ4v) is 3.32. The minimum absolute atomic E-state index is 0.00718. The van der Waals surface area contributed by atoms with Crippen molar-refractivity contribution in [2.75, 3.05) is 13.1 Å². The zero-order chi connectivity index (χ0) is 15.0. The Bertz CT molecular complexity index is 676. The van der Waals surface area contributed by atoms with Gasteiger partial charge in [-0.3, -0.25) is 9.59 Å². The molecule has 2 bridgehead atoms. The molecule has 1 N–H and O–H groups in total. The molecule has 6 heteroatoms. The Kier molecular flexibility index (Phi) is 3.37. The van der Waals surface area contributed by atoms with E-state index in [2.05, 4.69) is 0 Å². The normalized spacial score (nSPS) is 23.9. The number of carboxylic acid groups (broad SMARTS) is 1. The van der Waals surface area contributed by atoms with Crippen molar-refractivity contribution in [3.05, 3.63) is 46.4 Å². The summed E-state index contributed by atoms with van der Waals surface area (Å²) in [6, 6.07) is 5.24. The summed E-state index contributed by atoms with van der Waals surface area (Å²) in [5.74, 6) is -1.01. The van der Waals surface area contributed by atoms with Gasteiger partial charge in [-0.1, -0.05) is 6.07 Å². The van der Waals surface area contributed by atoms with E-state index >= 15 is 0 Å². The van der Waals surface area contributed by atoms with Crippen molar-refractivity contribution in [3.8, 4) is 0 Å². The van der Waals surface area contributed by atoms with E-state index in [-0.39, 0.29) is 23.3 Å². The van der Waals surface area contributed by atoms with Gasteiger partial charge in [-0.2, -0.15) is 0 Å². The highest BCUT2D eigenvalue weighted by molar-refractivity contribution is 5.94. The number of aliphatic carboxylic acids is 1. The number of carbonyl (C=O) groups is 2. The Hall–Kier alpha value is -2.37. The van der Waals surface area contributed by atoms with Gasteiger partial charge in [-0.25, -0.2) is 4.79 Å². The van der Waals surface area contributed by atoms with Crippen LogP contribution in [0.25, 0.3) is 0 Å². The number of hydrogen-bond acceptors (Lipinski definition) is 3. The summed E-state index contributed by atoms with van der Waals surface area (Å²) in [5.41, 5.74) is 0.978. The summed E-state index contributed by atoms with van der Waals surface area (Å²) in [6.07, 6.45) is 2.93. The van der Waals surface area contributed by atoms with Gasteiger partial charge < -0.3 is 14.6 Å². The number of aromatic nitrogens is 1. The predicted octanol–water partition coefficient (Wildman–Crippen LogP) is 0.435. The number of carbonyl (C=O) groups excluding carboxylic acids is 1. The van der Waals surface area contributed by atoms with Crippen LogP contribution in [0.15, 0.2) is 35.1 Å². The van der Waals surface area contributed by atoms with Crippen LogP contribution in [0.4, 0.5) is 0 Å². The highest BCUT2D eigenvalue weighted by Gasteiger charge is 2.35. The predicted molar refractivity (Wildman–Crippen MR) is 74.9 cm³/mol. The molecule has 0 radical (unpaired) electrons. The third kappa shape index (κ3) is 2.61. The van der Waals surface area contributed by atoms with Crippen LogP contribution >= 0.6 is 0 Å². The molecule has 21 heavy (non-hydrogen) atoms. The van der Waals surface area contributed by atoms with Crippen LogP contribution in [0.1, 0.15) is 18.0 Å². The maximum atomic E-state index is 12.0. The number of pyridine rings is 1. The molecule has 1 aromatic heterocycles. The van der Waals surface area contributed by atoms with Crippen molar-refractivity contribution in [3.63, 3.8) is 0 Å². The number of amides is 1. The van der Waals surface area contributed by atoms with E-state index in [0.29, 0.717) is 19.6 Å². The zero-order valence-corrected chi connectivity index (χ0v) is 11.4. The summed E-state index contributed by atoms with van der Waals surface area (Å²) in [6.45, 7) is 1.72. The SMILES string of the molecule is O=C(O)/C=C/C(=O)N1C[C@@H]2C[C@H](C1)c1cccc(=O)n1C2. The number of carboxylic acids is 1. The summed E-state index contributed by atoms with van der Waals surface area (Å²) < 4.78 is 1.80. The van der Waals surface area contributed by atoms with E-state index in [1.165, 1.54) is 0 Å². The quantitative estimate of drug-likeness (QED) is 0.801. The number of fused-ring (bicyclic) bond motifs is 4. The van der Waals surface area contributed by atoms with Crippen LogP contribution in [0.5, 0.6) is 0 Å². The van der Waals surface area contributed by atoms with E-state index in [1.807, 2.05) is 6.07 Å². The first-order valence-electron chi connectivity index (χ1n) is 6.94. The molecule has 3 heterocycles. The van der Waals surface area contributed by atoms with Gasteiger partial charge in [0.2, 0.25) is 5.91 Å². The lowest BCUT2D eigenvalue weighted by Gasteiger charge is -2.42. The molecule has 2 atom stereocenters. The van der Waals surface area contributed by atoms with Crippen LogP contribution in [-0.2, 0) is 16.1 Å². The fourth-order valence-electron chi connectivity index (χ4n) is 3.32. The van der Waals surface area contributed by atoms with Crippen molar-refractivity contribution in [2.45, 2.75) is 18.9 Å². The molecule has 0 aliphatic carbocycles. The van der Waals surface area contributed by atoms with E-state index < -0.39 is 5.97 Å². The molecule has 2 aliphatic heterocycles. The van der Waals surface area contributed by atoms with E-state index in [1.54, 1.807) is 21.6 Å². The molecule has 0 saturated carbocycles. The molecule has 1 fully saturated rings. The highest BCUT2D eigenvalue weighted by Crippen LogP contribution is 2.34. The Morgan fingerprint density at radius 3 is 2.76 bits per heavy atom. The Morgan fingerprint density at radius 2 is 2.00 bits per heavy atom. The lowest BCUT2D eigenvalue weighted by atomic mass is 9.83. The number of hydrogen-bond donors (Lipinski definition) is 1. The minimum Gasteiger partial charge on any atom is -0.478 e. The van der Waals surface area contributed by atoms with Crippen LogP contribution in [0.3, 0.4) is 0 Å². The molecular weight excluding hydrogens is 272 g/mol. The van der Waals surface area contributed by atoms with Crippen LogP contribution < -0.4 is 5.56 Å². The average molecular weight is 288 g/mol. The molecule has 0 aromatic carbocycles. The van der Waals surface area contributed by atoms with Gasteiger partial charge in [0.05, 0.1) is 0 Å². The van der Waals surface area contributed by atoms with Crippen LogP contribution in [0, 0.1) is 5.92 Å². The van der Waals surface area contributed by atoms with Crippen molar-refractivity contribution in [1.29, 1.82) is 0 Å². The molecule has 110 valence electrons. The second-order valence-electron chi connectivity index (χ2n) is 5.61. The van der Waals surface area contributed by atoms with E-state index in [4.69, 9.17) is 5.11 Å². The molecular formula is C15H16N2O4. The fraction of sp³-hybridized carbons (Fsp3) is 0.400. The molecule has 1 amide bonds. The van der Waals surface area contributed by atoms with Crippen molar-refractivity contribution in [1.82, 2.24) is 9.47 Å². The van der Waals surface area contributed by atoms with Crippen molar-refractivity contribution >= 4 is 11.9 Å². The standard InChI is InChI=1S/C15H16N2O4/c18-13(4-5-15(20)21)16-7-10-6-11(9-16)12-2-1-3-14(19)17(12)8-10/h1-5,10-11H,6-9H2,(H,20,21)/b5-4+/t10-,11+/m0/s1. The van der Waals surface area contributed by atoms with Crippen LogP contribution in [-0.4, -0.2) is 39.5 Å². The smallest absolute Gasteiger partial charge is 0.328 e. The van der Waals surface area contributed by atoms with Gasteiger partial charge in [0.25, 0.3) is 5.56 Å².